The molecule has 1 aromatic heterocycles. The Bertz CT molecular complexity index is 976. The molecule has 0 unspecified atom stereocenters. The lowest BCUT2D eigenvalue weighted by Gasteiger charge is -2.15. The third-order valence-electron chi connectivity index (χ3n) is 3.95. The molecule has 4 nitrogen and oxygen atoms in total. The van der Waals surface area contributed by atoms with Crippen LogP contribution in [0.3, 0.4) is 0 Å². The van der Waals surface area contributed by atoms with E-state index >= 15 is 0 Å². The summed E-state index contributed by atoms with van der Waals surface area (Å²) in [6.45, 7) is 0.451. The molecule has 6 heteroatoms. The maximum absolute atomic E-state index is 14.3. The number of benzene rings is 2. The van der Waals surface area contributed by atoms with Gasteiger partial charge in [-0.2, -0.15) is 0 Å². The molecule has 0 fully saturated rings. The lowest BCUT2D eigenvalue weighted by molar-refractivity contribution is -0.125. The molecule has 0 bridgehead atoms. The van der Waals surface area contributed by atoms with Crippen LogP contribution in [0.25, 0.3) is 6.08 Å². The molecule has 142 valence electrons. The number of halogens is 2. The summed E-state index contributed by atoms with van der Waals surface area (Å²) in [7, 11) is 1.70. The molecule has 0 N–H and O–H groups in total. The first-order valence-corrected chi connectivity index (χ1v) is 8.94. The first kappa shape index (κ1) is 19.6. The minimum absolute atomic E-state index is 0.0938. The van der Waals surface area contributed by atoms with Crippen molar-refractivity contribution in [2.24, 2.45) is 0 Å². The monoisotopic (exact) mass is 396 g/mol. The quantitative estimate of drug-likeness (QED) is 0.528. The van der Waals surface area contributed by atoms with Crippen LogP contribution in [0.4, 0.5) is 4.39 Å². The van der Waals surface area contributed by atoms with Crippen LogP contribution >= 0.6 is 11.6 Å². The Morgan fingerprint density at radius 3 is 2.68 bits per heavy atom. The highest BCUT2D eigenvalue weighted by Gasteiger charge is 2.08. The van der Waals surface area contributed by atoms with Crippen LogP contribution in [0.15, 0.2) is 73.1 Å². The SMILES string of the molecule is CN(Cc1ccc(Cl)cc1)C(=O)/C=C/c1ccc(Oc2cccnc2)c(F)c1. The Morgan fingerprint density at radius 2 is 2.00 bits per heavy atom. The molecule has 28 heavy (non-hydrogen) atoms. The smallest absolute Gasteiger partial charge is 0.246 e. The van der Waals surface area contributed by atoms with Gasteiger partial charge in [0.1, 0.15) is 5.75 Å². The number of amides is 1. The van der Waals surface area contributed by atoms with Crippen molar-refractivity contribution in [2.45, 2.75) is 6.54 Å². The molecule has 3 rings (SSSR count). The summed E-state index contributed by atoms with van der Waals surface area (Å²) >= 11 is 5.86. The Hall–Kier alpha value is -3.18. The van der Waals surface area contributed by atoms with Gasteiger partial charge in [-0.3, -0.25) is 9.78 Å². The first-order chi connectivity index (χ1) is 13.5. The zero-order valence-electron chi connectivity index (χ0n) is 15.2. The molecule has 0 atom stereocenters. The number of ether oxygens (including phenoxy) is 1. The van der Waals surface area contributed by atoms with Crippen LogP contribution < -0.4 is 4.74 Å². The third-order valence-corrected chi connectivity index (χ3v) is 4.20. The minimum Gasteiger partial charge on any atom is -0.453 e. The normalized spacial score (nSPS) is 10.8. The van der Waals surface area contributed by atoms with Crippen LogP contribution in [0.5, 0.6) is 11.5 Å². The second kappa shape index (κ2) is 9.15. The fourth-order valence-corrected chi connectivity index (χ4v) is 2.60. The standard InChI is InChI=1S/C22H18ClFN2O2/c1-26(15-17-4-8-18(23)9-5-17)22(27)11-7-16-6-10-21(20(24)13-16)28-19-3-2-12-25-14-19/h2-14H,15H2,1H3/b11-7+. The minimum atomic E-state index is -0.520. The van der Waals surface area contributed by atoms with Crippen LogP contribution in [-0.4, -0.2) is 22.8 Å². The molecule has 0 aliphatic rings. The number of carbonyl (C=O) groups is 1. The Balaban J connectivity index is 1.62. The van der Waals surface area contributed by atoms with Gasteiger partial charge in [0, 0.05) is 30.9 Å². The number of carbonyl (C=O) groups excluding carboxylic acids is 1. The number of aromatic nitrogens is 1. The van der Waals surface area contributed by atoms with E-state index < -0.39 is 5.82 Å². The van der Waals surface area contributed by atoms with E-state index in [1.165, 1.54) is 24.4 Å². The van der Waals surface area contributed by atoms with Crippen molar-refractivity contribution < 1.29 is 13.9 Å². The molecule has 0 spiro atoms. The van der Waals surface area contributed by atoms with Gasteiger partial charge < -0.3 is 9.64 Å². The molecular formula is C22H18ClFN2O2. The number of hydrogen-bond donors (Lipinski definition) is 0. The van der Waals surface area contributed by atoms with E-state index in [-0.39, 0.29) is 11.7 Å². The van der Waals surface area contributed by atoms with Crippen molar-refractivity contribution in [2.75, 3.05) is 7.05 Å². The number of likely N-dealkylation sites (N-methyl/N-ethyl adjacent to an activating group) is 1. The molecule has 0 saturated carbocycles. The Labute approximate surface area is 167 Å². The Morgan fingerprint density at radius 1 is 1.21 bits per heavy atom. The van der Waals surface area contributed by atoms with Crippen molar-refractivity contribution in [1.82, 2.24) is 9.88 Å². The van der Waals surface area contributed by atoms with Crippen molar-refractivity contribution >= 4 is 23.6 Å². The number of rotatable bonds is 6. The lowest BCUT2D eigenvalue weighted by Crippen LogP contribution is -2.24. The fourth-order valence-electron chi connectivity index (χ4n) is 2.47. The van der Waals surface area contributed by atoms with E-state index in [1.807, 2.05) is 12.1 Å². The summed E-state index contributed by atoms with van der Waals surface area (Å²) in [4.78, 5) is 17.8. The van der Waals surface area contributed by atoms with Crippen molar-refractivity contribution in [3.63, 3.8) is 0 Å². The van der Waals surface area contributed by atoms with Gasteiger partial charge in [-0.1, -0.05) is 29.8 Å². The highest BCUT2D eigenvalue weighted by molar-refractivity contribution is 6.30. The molecule has 3 aromatic rings. The predicted octanol–water partition coefficient (Wildman–Crippen LogP) is 5.34. The van der Waals surface area contributed by atoms with Crippen LogP contribution in [-0.2, 0) is 11.3 Å². The van der Waals surface area contributed by atoms with Crippen molar-refractivity contribution in [1.29, 1.82) is 0 Å². The first-order valence-electron chi connectivity index (χ1n) is 8.56. The average Bonchev–Trinajstić information content (AvgIpc) is 2.70. The predicted molar refractivity (Wildman–Crippen MR) is 108 cm³/mol. The van der Waals surface area contributed by atoms with Gasteiger partial charge in [-0.25, -0.2) is 4.39 Å². The van der Waals surface area contributed by atoms with Gasteiger partial charge in [0.25, 0.3) is 0 Å². The average molecular weight is 397 g/mol. The third kappa shape index (κ3) is 5.41. The van der Waals surface area contributed by atoms with E-state index in [0.717, 1.165) is 5.56 Å². The van der Waals surface area contributed by atoms with Crippen LogP contribution in [0.2, 0.25) is 5.02 Å². The number of nitrogens with zero attached hydrogens (tertiary/aromatic N) is 2. The molecule has 0 saturated heterocycles. The second-order valence-electron chi connectivity index (χ2n) is 6.13. The molecule has 0 radical (unpaired) electrons. The van der Waals surface area contributed by atoms with Crippen molar-refractivity contribution in [3.8, 4) is 11.5 Å². The largest absolute Gasteiger partial charge is 0.453 e. The molecule has 0 aliphatic carbocycles. The topological polar surface area (TPSA) is 42.4 Å². The van der Waals surface area contributed by atoms with Gasteiger partial charge in [0.2, 0.25) is 5.91 Å². The fraction of sp³-hybridized carbons (Fsp3) is 0.0909. The molecule has 1 heterocycles. The summed E-state index contributed by atoms with van der Waals surface area (Å²) in [5, 5.41) is 0.649. The van der Waals surface area contributed by atoms with Gasteiger partial charge in [-0.05, 0) is 53.6 Å². The summed E-state index contributed by atoms with van der Waals surface area (Å²) in [6.07, 6.45) is 6.09. The summed E-state index contributed by atoms with van der Waals surface area (Å²) in [6, 6.07) is 15.2. The summed E-state index contributed by atoms with van der Waals surface area (Å²) in [5.74, 6) is -0.168. The van der Waals surface area contributed by atoms with E-state index in [0.29, 0.717) is 22.9 Å². The van der Waals surface area contributed by atoms with Crippen molar-refractivity contribution in [3.05, 3.63) is 95.0 Å². The molecule has 2 aromatic carbocycles. The van der Waals surface area contributed by atoms with E-state index in [2.05, 4.69) is 4.98 Å². The Kier molecular flexibility index (Phi) is 6.40. The van der Waals surface area contributed by atoms with Crippen LogP contribution in [0, 0.1) is 5.82 Å². The van der Waals surface area contributed by atoms with E-state index in [1.54, 1.807) is 54.6 Å². The molecule has 0 aliphatic heterocycles. The van der Waals surface area contributed by atoms with Gasteiger partial charge in [0.05, 0.1) is 6.20 Å². The molecular weight excluding hydrogens is 379 g/mol. The van der Waals surface area contributed by atoms with Gasteiger partial charge >= 0.3 is 0 Å². The highest BCUT2D eigenvalue weighted by atomic mass is 35.5. The zero-order valence-corrected chi connectivity index (χ0v) is 15.9. The van der Waals surface area contributed by atoms with Gasteiger partial charge in [-0.15, -0.1) is 0 Å². The lowest BCUT2D eigenvalue weighted by atomic mass is 10.2. The maximum atomic E-state index is 14.3. The second-order valence-corrected chi connectivity index (χ2v) is 6.57. The van der Waals surface area contributed by atoms with Crippen LogP contribution in [0.1, 0.15) is 11.1 Å². The number of hydrogen-bond acceptors (Lipinski definition) is 3. The van der Waals surface area contributed by atoms with E-state index in [9.17, 15) is 9.18 Å². The van der Waals surface area contributed by atoms with Gasteiger partial charge in [0.15, 0.2) is 11.6 Å². The summed E-state index contributed by atoms with van der Waals surface area (Å²) < 4.78 is 19.7. The number of pyridine rings is 1. The zero-order chi connectivity index (χ0) is 19.9. The van der Waals surface area contributed by atoms with E-state index in [4.69, 9.17) is 16.3 Å². The molecule has 1 amide bonds. The highest BCUT2D eigenvalue weighted by Crippen LogP contribution is 2.24. The maximum Gasteiger partial charge on any atom is 0.246 e. The summed E-state index contributed by atoms with van der Waals surface area (Å²) in [5.41, 5.74) is 1.53.